The lowest BCUT2D eigenvalue weighted by Crippen LogP contribution is -1.80. The van der Waals surface area contributed by atoms with Crippen molar-refractivity contribution in [1.82, 2.24) is 0 Å². The van der Waals surface area contributed by atoms with Gasteiger partial charge in [0.25, 0.3) is 0 Å². The van der Waals surface area contributed by atoms with Crippen LogP contribution in [0.4, 0.5) is 0 Å². The van der Waals surface area contributed by atoms with Crippen molar-refractivity contribution in [2.24, 2.45) is 0 Å². The highest BCUT2D eigenvalue weighted by molar-refractivity contribution is 5.96. The smallest absolute Gasteiger partial charge is 0.126 e. The van der Waals surface area contributed by atoms with E-state index in [4.69, 9.17) is 0 Å². The van der Waals surface area contributed by atoms with Gasteiger partial charge in [-0.2, -0.15) is 0 Å². The van der Waals surface area contributed by atoms with Crippen LogP contribution in [0.15, 0.2) is 36.4 Å². The number of benzene rings is 1. The monoisotopic (exact) mass is 158 g/mol. The van der Waals surface area contributed by atoms with E-state index < -0.39 is 0 Å². The van der Waals surface area contributed by atoms with Gasteiger partial charge >= 0.3 is 0 Å². The summed E-state index contributed by atoms with van der Waals surface area (Å²) in [7, 11) is 0. The minimum atomic E-state index is 0.371. The maximum atomic E-state index is 9.64. The second kappa shape index (κ2) is 2.24. The predicted octanol–water partition coefficient (Wildman–Crippen LogP) is 3.00. The summed E-state index contributed by atoms with van der Waals surface area (Å²) in [6.45, 7) is 5.80. The third-order valence-corrected chi connectivity index (χ3v) is 2.32. The summed E-state index contributed by atoms with van der Waals surface area (Å²) in [4.78, 5) is 0. The Bertz CT molecular complexity index is 386. The maximum absolute atomic E-state index is 9.64. The second-order valence-corrected chi connectivity index (χ2v) is 3.00. The zero-order chi connectivity index (χ0) is 8.72. The van der Waals surface area contributed by atoms with Crippen LogP contribution in [0.25, 0.3) is 11.3 Å². The molecule has 1 heteroatoms. The van der Waals surface area contributed by atoms with Crippen LogP contribution in [0, 0.1) is 0 Å². The highest BCUT2D eigenvalue weighted by Crippen LogP contribution is 2.37. The van der Waals surface area contributed by atoms with E-state index in [-0.39, 0.29) is 0 Å². The molecule has 0 radical (unpaired) electrons. The van der Waals surface area contributed by atoms with Gasteiger partial charge in [-0.25, -0.2) is 0 Å². The molecule has 1 aliphatic carbocycles. The summed E-state index contributed by atoms with van der Waals surface area (Å²) >= 11 is 0. The van der Waals surface area contributed by atoms with Crippen molar-refractivity contribution in [1.29, 1.82) is 0 Å². The molecule has 1 nitrogen and oxygen atoms in total. The molecule has 1 aromatic carbocycles. The first-order valence-electron chi connectivity index (χ1n) is 3.90. The van der Waals surface area contributed by atoms with Gasteiger partial charge in [-0.3, -0.25) is 0 Å². The minimum Gasteiger partial charge on any atom is -0.507 e. The molecule has 0 saturated heterocycles. The number of aliphatic hydroxyl groups is 1. The summed E-state index contributed by atoms with van der Waals surface area (Å²) in [5, 5.41) is 9.64. The van der Waals surface area contributed by atoms with Crippen molar-refractivity contribution in [3.63, 3.8) is 0 Å². The van der Waals surface area contributed by atoms with Gasteiger partial charge in [-0.15, -0.1) is 0 Å². The number of allylic oxidation sites excluding steroid dienone is 2. The van der Waals surface area contributed by atoms with E-state index in [1.165, 1.54) is 0 Å². The molecule has 0 heterocycles. The fourth-order valence-corrected chi connectivity index (χ4v) is 1.50. The minimum absolute atomic E-state index is 0.371. The van der Waals surface area contributed by atoms with Gasteiger partial charge in [0, 0.05) is 5.56 Å². The molecule has 1 aliphatic rings. The summed E-state index contributed by atoms with van der Waals surface area (Å²) in [5.74, 6) is 0.371. The van der Waals surface area contributed by atoms with Crippen LogP contribution >= 0.6 is 0 Å². The van der Waals surface area contributed by atoms with Crippen LogP contribution in [0.3, 0.4) is 0 Å². The van der Waals surface area contributed by atoms with E-state index in [1.807, 2.05) is 31.2 Å². The molecule has 0 bridgehead atoms. The first-order chi connectivity index (χ1) is 5.72. The van der Waals surface area contributed by atoms with Crippen molar-refractivity contribution in [2.45, 2.75) is 6.92 Å². The molecule has 60 valence electrons. The van der Waals surface area contributed by atoms with Crippen LogP contribution in [-0.2, 0) is 0 Å². The molecule has 0 saturated carbocycles. The molecule has 0 unspecified atom stereocenters. The molecular formula is C11H10O. The number of fused-ring (bicyclic) bond motifs is 1. The normalized spacial score (nSPS) is 15.2. The van der Waals surface area contributed by atoms with Gasteiger partial charge in [0.1, 0.15) is 5.76 Å². The lowest BCUT2D eigenvalue weighted by atomic mass is 10.1. The van der Waals surface area contributed by atoms with Crippen molar-refractivity contribution in [3.05, 3.63) is 47.5 Å². The molecule has 0 amide bonds. The quantitative estimate of drug-likeness (QED) is 0.615. The van der Waals surface area contributed by atoms with Gasteiger partial charge in [-0.1, -0.05) is 30.8 Å². The first kappa shape index (κ1) is 7.17. The molecule has 0 atom stereocenters. The van der Waals surface area contributed by atoms with Crippen LogP contribution in [0.5, 0.6) is 0 Å². The molecule has 0 fully saturated rings. The zero-order valence-electron chi connectivity index (χ0n) is 6.96. The fraction of sp³-hybridized carbons (Fsp3) is 0.0909. The molecule has 0 spiro atoms. The van der Waals surface area contributed by atoms with Gasteiger partial charge < -0.3 is 5.11 Å². The van der Waals surface area contributed by atoms with Gasteiger partial charge in [0.15, 0.2) is 0 Å². The third kappa shape index (κ3) is 0.735. The maximum Gasteiger partial charge on any atom is 0.126 e. The van der Waals surface area contributed by atoms with Gasteiger partial charge in [0.05, 0.1) is 0 Å². The topological polar surface area (TPSA) is 20.2 Å². The third-order valence-electron chi connectivity index (χ3n) is 2.32. The van der Waals surface area contributed by atoms with E-state index in [2.05, 4.69) is 6.58 Å². The van der Waals surface area contributed by atoms with Crippen molar-refractivity contribution >= 4 is 11.3 Å². The Morgan fingerprint density at radius 3 is 2.33 bits per heavy atom. The summed E-state index contributed by atoms with van der Waals surface area (Å²) < 4.78 is 0. The van der Waals surface area contributed by atoms with E-state index in [0.717, 1.165) is 22.3 Å². The van der Waals surface area contributed by atoms with Gasteiger partial charge in [0.2, 0.25) is 0 Å². The molecule has 2 rings (SSSR count). The lowest BCUT2D eigenvalue weighted by molar-refractivity contribution is 0.510. The number of aliphatic hydroxyl groups excluding tert-OH is 1. The van der Waals surface area contributed by atoms with Gasteiger partial charge in [-0.05, 0) is 23.6 Å². The largest absolute Gasteiger partial charge is 0.507 e. The number of hydrogen-bond acceptors (Lipinski definition) is 1. The Hall–Kier alpha value is -1.50. The average Bonchev–Trinajstić information content (AvgIpc) is 2.33. The molecule has 0 aromatic heterocycles. The van der Waals surface area contributed by atoms with E-state index in [9.17, 15) is 5.11 Å². The highest BCUT2D eigenvalue weighted by Gasteiger charge is 2.20. The van der Waals surface area contributed by atoms with E-state index in [0.29, 0.717) is 5.76 Å². The Morgan fingerprint density at radius 1 is 1.17 bits per heavy atom. The second-order valence-electron chi connectivity index (χ2n) is 3.00. The van der Waals surface area contributed by atoms with E-state index >= 15 is 0 Å². The Balaban J connectivity index is 2.73. The Morgan fingerprint density at radius 2 is 1.75 bits per heavy atom. The predicted molar refractivity (Wildman–Crippen MR) is 50.7 cm³/mol. The van der Waals surface area contributed by atoms with Crippen LogP contribution in [0.2, 0.25) is 0 Å². The average molecular weight is 158 g/mol. The van der Waals surface area contributed by atoms with Crippen molar-refractivity contribution < 1.29 is 5.11 Å². The fourth-order valence-electron chi connectivity index (χ4n) is 1.50. The molecular weight excluding hydrogens is 148 g/mol. The number of hydrogen-bond donors (Lipinski definition) is 1. The molecule has 12 heavy (non-hydrogen) atoms. The van der Waals surface area contributed by atoms with E-state index in [1.54, 1.807) is 0 Å². The SMILES string of the molecule is C=C1C(C)=C(O)c2ccccc21. The summed E-state index contributed by atoms with van der Waals surface area (Å²) in [6.07, 6.45) is 0. The Labute approximate surface area is 71.7 Å². The molecule has 0 aliphatic heterocycles. The lowest BCUT2D eigenvalue weighted by Gasteiger charge is -1.97. The first-order valence-corrected chi connectivity index (χ1v) is 3.90. The molecule has 1 N–H and O–H groups in total. The van der Waals surface area contributed by atoms with Crippen LogP contribution in [-0.4, -0.2) is 5.11 Å². The molecule has 1 aromatic rings. The van der Waals surface area contributed by atoms with Crippen molar-refractivity contribution in [3.8, 4) is 0 Å². The standard InChI is InChI=1S/C11H10O/c1-7-8(2)11(12)10-6-4-3-5-9(7)10/h3-6,12H,1H2,2H3. The van der Waals surface area contributed by atoms with Crippen molar-refractivity contribution in [2.75, 3.05) is 0 Å². The highest BCUT2D eigenvalue weighted by atomic mass is 16.3. The zero-order valence-corrected chi connectivity index (χ0v) is 6.96. The van der Waals surface area contributed by atoms with Crippen LogP contribution < -0.4 is 0 Å². The summed E-state index contributed by atoms with van der Waals surface area (Å²) in [6, 6.07) is 7.76. The number of rotatable bonds is 0. The Kier molecular flexibility index (Phi) is 1.34. The van der Waals surface area contributed by atoms with Crippen LogP contribution in [0.1, 0.15) is 18.1 Å². The summed E-state index contributed by atoms with van der Waals surface area (Å²) in [5.41, 5.74) is 3.77.